The van der Waals surface area contributed by atoms with Crippen LogP contribution in [0.2, 0.25) is 5.15 Å². The van der Waals surface area contributed by atoms with Crippen LogP contribution in [-0.2, 0) is 14.8 Å². The molecule has 98 valence electrons. The lowest BCUT2D eigenvalue weighted by atomic mass is 10.2. The van der Waals surface area contributed by atoms with Crippen molar-refractivity contribution >= 4 is 27.5 Å². The Hall–Kier alpha value is -1.18. The second kappa shape index (κ2) is 5.21. The van der Waals surface area contributed by atoms with E-state index in [-0.39, 0.29) is 28.5 Å². The first-order valence-electron chi connectivity index (χ1n) is 5.38. The van der Waals surface area contributed by atoms with Crippen molar-refractivity contribution in [1.29, 1.82) is 0 Å². The highest BCUT2D eigenvalue weighted by Crippen LogP contribution is 2.11. The standard InChI is InChI=1S/C10H12ClN3O3S/c11-9-3-2-8(6-12-9)18(16,17)13-5-7-1-4-10(15)14-7/h2-3,6-7,13H,1,4-5H2,(H,14,15). The molecule has 0 aliphatic carbocycles. The minimum absolute atomic E-state index is 0.0487. The summed E-state index contributed by atoms with van der Waals surface area (Å²) in [6.45, 7) is 0.177. The topological polar surface area (TPSA) is 88.2 Å². The lowest BCUT2D eigenvalue weighted by Crippen LogP contribution is -2.38. The van der Waals surface area contributed by atoms with Gasteiger partial charge in [0.15, 0.2) is 0 Å². The number of hydrogen-bond donors (Lipinski definition) is 2. The SMILES string of the molecule is O=C1CCC(CNS(=O)(=O)c2ccc(Cl)nc2)N1. The maximum Gasteiger partial charge on any atom is 0.242 e. The monoisotopic (exact) mass is 289 g/mol. The van der Waals surface area contributed by atoms with Crippen molar-refractivity contribution in [2.24, 2.45) is 0 Å². The van der Waals surface area contributed by atoms with Gasteiger partial charge in [0.2, 0.25) is 15.9 Å². The fourth-order valence-corrected chi connectivity index (χ4v) is 2.78. The molecule has 1 aliphatic heterocycles. The summed E-state index contributed by atoms with van der Waals surface area (Å²) in [5.74, 6) is -0.0487. The van der Waals surface area contributed by atoms with Crippen molar-refractivity contribution < 1.29 is 13.2 Å². The number of halogens is 1. The second-order valence-electron chi connectivity index (χ2n) is 3.97. The predicted octanol–water partition coefficient (Wildman–Crippen LogP) is 0.292. The van der Waals surface area contributed by atoms with E-state index in [1.54, 1.807) is 0 Å². The van der Waals surface area contributed by atoms with Crippen molar-refractivity contribution in [2.75, 3.05) is 6.54 Å². The fraction of sp³-hybridized carbons (Fsp3) is 0.400. The van der Waals surface area contributed by atoms with Crippen LogP contribution in [0, 0.1) is 0 Å². The molecule has 18 heavy (non-hydrogen) atoms. The van der Waals surface area contributed by atoms with E-state index in [4.69, 9.17) is 11.6 Å². The predicted molar refractivity (Wildman–Crippen MR) is 65.6 cm³/mol. The number of carbonyl (C=O) groups excluding carboxylic acids is 1. The molecule has 0 bridgehead atoms. The zero-order valence-corrected chi connectivity index (χ0v) is 11.0. The summed E-state index contributed by atoms with van der Waals surface area (Å²) in [6.07, 6.45) is 2.27. The Morgan fingerprint density at radius 1 is 1.50 bits per heavy atom. The molecule has 1 fully saturated rings. The van der Waals surface area contributed by atoms with E-state index in [0.29, 0.717) is 12.8 Å². The highest BCUT2D eigenvalue weighted by Gasteiger charge is 2.23. The number of carbonyl (C=O) groups is 1. The third kappa shape index (κ3) is 3.18. The van der Waals surface area contributed by atoms with Crippen molar-refractivity contribution in [3.63, 3.8) is 0 Å². The van der Waals surface area contributed by atoms with Gasteiger partial charge in [0, 0.05) is 25.2 Å². The fourth-order valence-electron chi connectivity index (χ4n) is 1.65. The zero-order chi connectivity index (χ0) is 13.2. The number of amides is 1. The van der Waals surface area contributed by atoms with E-state index in [1.165, 1.54) is 18.3 Å². The molecule has 1 unspecified atom stereocenters. The molecule has 1 saturated heterocycles. The third-order valence-corrected chi connectivity index (χ3v) is 4.25. The van der Waals surface area contributed by atoms with Crippen LogP contribution in [0.4, 0.5) is 0 Å². The highest BCUT2D eigenvalue weighted by molar-refractivity contribution is 7.89. The van der Waals surface area contributed by atoms with E-state index >= 15 is 0 Å². The van der Waals surface area contributed by atoms with Gasteiger partial charge in [-0.25, -0.2) is 18.1 Å². The van der Waals surface area contributed by atoms with Crippen LogP contribution in [0.3, 0.4) is 0 Å². The molecular weight excluding hydrogens is 278 g/mol. The third-order valence-electron chi connectivity index (χ3n) is 2.62. The Morgan fingerprint density at radius 2 is 2.28 bits per heavy atom. The highest BCUT2D eigenvalue weighted by atomic mass is 35.5. The zero-order valence-electron chi connectivity index (χ0n) is 9.39. The van der Waals surface area contributed by atoms with Gasteiger partial charge in [0.05, 0.1) is 0 Å². The van der Waals surface area contributed by atoms with Crippen molar-refractivity contribution in [3.8, 4) is 0 Å². The molecule has 8 heteroatoms. The van der Waals surface area contributed by atoms with E-state index in [2.05, 4.69) is 15.0 Å². The summed E-state index contributed by atoms with van der Waals surface area (Å²) < 4.78 is 26.2. The van der Waals surface area contributed by atoms with Gasteiger partial charge in [-0.3, -0.25) is 4.79 Å². The van der Waals surface area contributed by atoms with Crippen LogP contribution in [0.5, 0.6) is 0 Å². The lowest BCUT2D eigenvalue weighted by molar-refractivity contribution is -0.119. The molecule has 1 aromatic heterocycles. The molecule has 0 radical (unpaired) electrons. The Balaban J connectivity index is 1.99. The van der Waals surface area contributed by atoms with Crippen LogP contribution < -0.4 is 10.0 Å². The van der Waals surface area contributed by atoms with Crippen molar-refractivity contribution in [1.82, 2.24) is 15.0 Å². The maximum atomic E-state index is 11.9. The van der Waals surface area contributed by atoms with Crippen molar-refractivity contribution in [3.05, 3.63) is 23.5 Å². The Bertz CT molecular complexity index is 544. The molecule has 2 heterocycles. The van der Waals surface area contributed by atoms with Crippen LogP contribution in [-0.4, -0.2) is 31.9 Å². The molecule has 2 rings (SSSR count). The van der Waals surface area contributed by atoms with Gasteiger partial charge in [0.25, 0.3) is 0 Å². The molecule has 1 aromatic rings. The molecule has 0 spiro atoms. The van der Waals surface area contributed by atoms with Gasteiger partial charge in [-0.15, -0.1) is 0 Å². The summed E-state index contributed by atoms with van der Waals surface area (Å²) in [5.41, 5.74) is 0. The minimum Gasteiger partial charge on any atom is -0.352 e. The Kier molecular flexibility index (Phi) is 3.84. The second-order valence-corrected chi connectivity index (χ2v) is 6.13. The first kappa shape index (κ1) is 13.3. The van der Waals surface area contributed by atoms with E-state index < -0.39 is 10.0 Å². The molecule has 0 aromatic carbocycles. The molecule has 2 N–H and O–H groups in total. The summed E-state index contributed by atoms with van der Waals surface area (Å²) >= 11 is 5.58. The number of aromatic nitrogens is 1. The summed E-state index contributed by atoms with van der Waals surface area (Å²) in [5, 5.41) is 2.92. The van der Waals surface area contributed by atoms with E-state index in [9.17, 15) is 13.2 Å². The normalized spacial score (nSPS) is 19.8. The van der Waals surface area contributed by atoms with Crippen LogP contribution in [0.25, 0.3) is 0 Å². The van der Waals surface area contributed by atoms with Gasteiger partial charge < -0.3 is 5.32 Å². The molecule has 1 atom stereocenters. The Labute approximate surface area is 110 Å². The number of hydrogen-bond acceptors (Lipinski definition) is 4. The maximum absolute atomic E-state index is 11.9. The quantitative estimate of drug-likeness (QED) is 0.780. The summed E-state index contributed by atoms with van der Waals surface area (Å²) in [6, 6.07) is 2.64. The van der Waals surface area contributed by atoms with Gasteiger partial charge in [-0.2, -0.15) is 0 Å². The summed E-state index contributed by atoms with van der Waals surface area (Å²) in [7, 11) is -3.60. The largest absolute Gasteiger partial charge is 0.352 e. The first-order chi connectivity index (χ1) is 8.47. The van der Waals surface area contributed by atoms with Crippen molar-refractivity contribution in [2.45, 2.75) is 23.8 Å². The molecule has 0 saturated carbocycles. The average molecular weight is 290 g/mol. The van der Waals surface area contributed by atoms with Crippen LogP contribution >= 0.6 is 11.6 Å². The number of nitrogens with zero attached hydrogens (tertiary/aromatic N) is 1. The van der Waals surface area contributed by atoms with Crippen LogP contribution in [0.15, 0.2) is 23.2 Å². The smallest absolute Gasteiger partial charge is 0.242 e. The molecule has 1 aliphatic rings. The van der Waals surface area contributed by atoms with Gasteiger partial charge in [0.1, 0.15) is 10.0 Å². The number of nitrogens with one attached hydrogen (secondary N) is 2. The van der Waals surface area contributed by atoms with Gasteiger partial charge in [-0.1, -0.05) is 11.6 Å². The molecular formula is C10H12ClN3O3S. The summed E-state index contributed by atoms with van der Waals surface area (Å²) in [4.78, 5) is 14.7. The first-order valence-corrected chi connectivity index (χ1v) is 7.24. The number of pyridine rings is 1. The molecule has 6 nitrogen and oxygen atoms in total. The van der Waals surface area contributed by atoms with Gasteiger partial charge >= 0.3 is 0 Å². The van der Waals surface area contributed by atoms with Crippen LogP contribution in [0.1, 0.15) is 12.8 Å². The minimum atomic E-state index is -3.60. The number of sulfonamides is 1. The van der Waals surface area contributed by atoms with E-state index in [1.807, 2.05) is 0 Å². The number of rotatable bonds is 4. The average Bonchev–Trinajstić information content (AvgIpc) is 2.73. The van der Waals surface area contributed by atoms with Gasteiger partial charge in [-0.05, 0) is 18.6 Å². The lowest BCUT2D eigenvalue weighted by Gasteiger charge is -2.11. The molecule has 1 amide bonds. The Morgan fingerprint density at radius 3 is 2.83 bits per heavy atom. The van der Waals surface area contributed by atoms with E-state index in [0.717, 1.165) is 0 Å².